The molecule has 1 aliphatic heterocycles. The highest BCUT2D eigenvalue weighted by Crippen LogP contribution is 2.51. The Labute approximate surface area is 72.2 Å². The first-order valence-electron chi connectivity index (χ1n) is 4.82. The smallest absolute Gasteiger partial charge is 0.154 e. The van der Waals surface area contributed by atoms with Crippen LogP contribution >= 0.6 is 0 Å². The number of allylic oxidation sites excluding steroid dienone is 2. The first kappa shape index (κ1) is 7.10. The molecular weight excluding hydrogens is 152 g/mol. The molecule has 2 heteroatoms. The quantitative estimate of drug-likeness (QED) is 0.547. The second-order valence-corrected chi connectivity index (χ2v) is 4.30. The third-order valence-corrected chi connectivity index (χ3v) is 3.75. The molecule has 1 heterocycles. The normalized spacial score (nSPS) is 55.9. The van der Waals surface area contributed by atoms with Gasteiger partial charge >= 0.3 is 0 Å². The van der Waals surface area contributed by atoms with Crippen LogP contribution < -0.4 is 0 Å². The summed E-state index contributed by atoms with van der Waals surface area (Å²) in [4.78, 5) is 0. The Morgan fingerprint density at radius 1 is 1.08 bits per heavy atom. The number of aliphatic hydroxyl groups excluding tert-OH is 1. The van der Waals surface area contributed by atoms with Gasteiger partial charge in [0.05, 0.1) is 6.61 Å². The summed E-state index contributed by atoms with van der Waals surface area (Å²) < 4.78 is 5.27. The zero-order valence-corrected chi connectivity index (χ0v) is 7.02. The van der Waals surface area contributed by atoms with Gasteiger partial charge in [-0.15, -0.1) is 0 Å². The highest BCUT2D eigenvalue weighted by Gasteiger charge is 2.47. The lowest BCUT2D eigenvalue weighted by Crippen LogP contribution is -2.35. The van der Waals surface area contributed by atoms with E-state index in [0.717, 1.165) is 24.9 Å². The third kappa shape index (κ3) is 0.824. The molecule has 66 valence electrons. The van der Waals surface area contributed by atoms with Crippen molar-refractivity contribution < 1.29 is 9.84 Å². The number of rotatable bonds is 0. The number of aliphatic hydroxyl groups is 1. The molecule has 2 aliphatic carbocycles. The molecule has 5 unspecified atom stereocenters. The molecule has 0 aromatic carbocycles. The molecule has 0 radical (unpaired) electrons. The summed E-state index contributed by atoms with van der Waals surface area (Å²) >= 11 is 0. The van der Waals surface area contributed by atoms with E-state index in [0.29, 0.717) is 11.8 Å². The lowest BCUT2D eigenvalue weighted by atomic mass is 9.80. The maximum atomic E-state index is 9.34. The van der Waals surface area contributed by atoms with Gasteiger partial charge in [-0.3, -0.25) is 0 Å². The lowest BCUT2D eigenvalue weighted by Gasteiger charge is -2.34. The molecule has 3 rings (SSSR count). The molecule has 2 nitrogen and oxygen atoms in total. The largest absolute Gasteiger partial charge is 0.368 e. The molecule has 1 N–H and O–H groups in total. The Bertz CT molecular complexity index is 224. The predicted molar refractivity (Wildman–Crippen MR) is 44.3 cm³/mol. The predicted octanol–water partition coefficient (Wildman–Crippen LogP) is 1.16. The molecule has 1 saturated carbocycles. The van der Waals surface area contributed by atoms with E-state index in [2.05, 4.69) is 12.2 Å². The summed E-state index contributed by atoms with van der Waals surface area (Å²) in [5.74, 6) is 2.93. The van der Waals surface area contributed by atoms with E-state index in [-0.39, 0.29) is 0 Å². The fraction of sp³-hybridized carbons (Fsp3) is 0.800. The Morgan fingerprint density at radius 2 is 1.83 bits per heavy atom. The maximum absolute atomic E-state index is 9.34. The van der Waals surface area contributed by atoms with Gasteiger partial charge in [-0.1, -0.05) is 12.2 Å². The monoisotopic (exact) mass is 166 g/mol. The number of ether oxygens (including phenoxy) is 1. The van der Waals surface area contributed by atoms with Crippen molar-refractivity contribution in [3.63, 3.8) is 0 Å². The first-order chi connectivity index (χ1) is 5.84. The molecule has 0 spiro atoms. The highest BCUT2D eigenvalue weighted by atomic mass is 16.6. The Kier molecular flexibility index (Phi) is 1.38. The van der Waals surface area contributed by atoms with E-state index in [1.54, 1.807) is 0 Å². The van der Waals surface area contributed by atoms with Crippen molar-refractivity contribution in [2.24, 2.45) is 23.7 Å². The summed E-state index contributed by atoms with van der Waals surface area (Å²) in [5.41, 5.74) is 0. The van der Waals surface area contributed by atoms with Gasteiger partial charge in [-0.2, -0.15) is 0 Å². The summed E-state index contributed by atoms with van der Waals surface area (Å²) in [6, 6.07) is 0. The maximum Gasteiger partial charge on any atom is 0.154 e. The van der Waals surface area contributed by atoms with E-state index in [1.807, 2.05) is 0 Å². The average Bonchev–Trinajstić information content (AvgIpc) is 2.63. The Morgan fingerprint density at radius 3 is 2.67 bits per heavy atom. The van der Waals surface area contributed by atoms with Crippen LogP contribution in [0.4, 0.5) is 0 Å². The fourth-order valence-electron chi connectivity index (χ4n) is 3.15. The van der Waals surface area contributed by atoms with Gasteiger partial charge in [0, 0.05) is 6.42 Å². The first-order valence-corrected chi connectivity index (χ1v) is 4.82. The van der Waals surface area contributed by atoms with E-state index >= 15 is 0 Å². The van der Waals surface area contributed by atoms with Gasteiger partial charge in [0.25, 0.3) is 0 Å². The standard InChI is InChI=1S/C10H14O2/c11-10-4-8-6-1-2-7(3-6)9(8)5-12-10/h1-2,6-11H,3-5H2. The second-order valence-electron chi connectivity index (χ2n) is 4.30. The van der Waals surface area contributed by atoms with Crippen LogP contribution in [0.1, 0.15) is 12.8 Å². The van der Waals surface area contributed by atoms with Crippen LogP contribution in [0.2, 0.25) is 0 Å². The SMILES string of the molecule is OC1CC2C3C=CC(C3)C2CO1. The molecule has 12 heavy (non-hydrogen) atoms. The number of hydrogen-bond donors (Lipinski definition) is 1. The molecule has 3 aliphatic rings. The third-order valence-electron chi connectivity index (χ3n) is 3.75. The summed E-state index contributed by atoms with van der Waals surface area (Å²) in [6.45, 7) is 0.775. The van der Waals surface area contributed by atoms with Crippen LogP contribution in [0, 0.1) is 23.7 Å². The van der Waals surface area contributed by atoms with Crippen molar-refractivity contribution in [1.29, 1.82) is 0 Å². The molecule has 2 fully saturated rings. The fourth-order valence-corrected chi connectivity index (χ4v) is 3.15. The molecule has 5 atom stereocenters. The van der Waals surface area contributed by atoms with E-state index in [1.165, 1.54) is 6.42 Å². The molecule has 2 bridgehead atoms. The van der Waals surface area contributed by atoms with Crippen molar-refractivity contribution >= 4 is 0 Å². The molecule has 1 saturated heterocycles. The van der Waals surface area contributed by atoms with E-state index < -0.39 is 6.29 Å². The van der Waals surface area contributed by atoms with Crippen LogP contribution in [-0.4, -0.2) is 18.0 Å². The second kappa shape index (κ2) is 2.33. The van der Waals surface area contributed by atoms with Crippen molar-refractivity contribution in [2.75, 3.05) is 6.61 Å². The van der Waals surface area contributed by atoms with Crippen molar-refractivity contribution in [3.8, 4) is 0 Å². The van der Waals surface area contributed by atoms with Crippen molar-refractivity contribution in [3.05, 3.63) is 12.2 Å². The van der Waals surface area contributed by atoms with Crippen LogP contribution in [0.25, 0.3) is 0 Å². The molecule has 0 aromatic rings. The summed E-state index contributed by atoms with van der Waals surface area (Å²) in [6.07, 6.45) is 6.36. The van der Waals surface area contributed by atoms with E-state index in [9.17, 15) is 5.11 Å². The average molecular weight is 166 g/mol. The summed E-state index contributed by atoms with van der Waals surface area (Å²) in [5, 5.41) is 9.34. The highest BCUT2D eigenvalue weighted by molar-refractivity contribution is 5.14. The summed E-state index contributed by atoms with van der Waals surface area (Å²) in [7, 11) is 0. The number of fused-ring (bicyclic) bond motifs is 5. The van der Waals surface area contributed by atoms with Crippen LogP contribution in [0.3, 0.4) is 0 Å². The lowest BCUT2D eigenvalue weighted by molar-refractivity contribution is -0.160. The van der Waals surface area contributed by atoms with Gasteiger partial charge < -0.3 is 9.84 Å². The Hall–Kier alpha value is -0.340. The Balaban J connectivity index is 1.85. The zero-order valence-electron chi connectivity index (χ0n) is 7.02. The minimum atomic E-state index is -0.487. The minimum Gasteiger partial charge on any atom is -0.368 e. The topological polar surface area (TPSA) is 29.5 Å². The van der Waals surface area contributed by atoms with E-state index in [4.69, 9.17) is 4.74 Å². The molecular formula is C10H14O2. The van der Waals surface area contributed by atoms with Gasteiger partial charge in [-0.25, -0.2) is 0 Å². The molecule has 0 amide bonds. The van der Waals surface area contributed by atoms with Crippen molar-refractivity contribution in [2.45, 2.75) is 19.1 Å². The van der Waals surface area contributed by atoms with Gasteiger partial charge in [-0.05, 0) is 30.1 Å². The van der Waals surface area contributed by atoms with Crippen LogP contribution in [0.15, 0.2) is 12.2 Å². The molecule has 0 aromatic heterocycles. The zero-order chi connectivity index (χ0) is 8.13. The van der Waals surface area contributed by atoms with Crippen LogP contribution in [-0.2, 0) is 4.74 Å². The van der Waals surface area contributed by atoms with Gasteiger partial charge in [0.2, 0.25) is 0 Å². The van der Waals surface area contributed by atoms with Crippen molar-refractivity contribution in [1.82, 2.24) is 0 Å². The minimum absolute atomic E-state index is 0.487. The van der Waals surface area contributed by atoms with Gasteiger partial charge in [0.15, 0.2) is 6.29 Å². The number of hydrogen-bond acceptors (Lipinski definition) is 2. The van der Waals surface area contributed by atoms with Crippen LogP contribution in [0.5, 0.6) is 0 Å². The van der Waals surface area contributed by atoms with Gasteiger partial charge in [0.1, 0.15) is 0 Å².